The lowest BCUT2D eigenvalue weighted by atomic mass is 10.0. The van der Waals surface area contributed by atoms with E-state index < -0.39 is 0 Å². The SMILES string of the molecule is CCc1nc(-c2c3n(c(=O)n(Cc4cccc(Br)c4)c2=O)CCCC3)no1. The van der Waals surface area contributed by atoms with E-state index in [0.717, 1.165) is 22.9 Å². The maximum atomic E-state index is 13.3. The number of rotatable bonds is 4. The topological polar surface area (TPSA) is 82.9 Å². The van der Waals surface area contributed by atoms with Crippen LogP contribution in [-0.4, -0.2) is 19.3 Å². The first kappa shape index (κ1) is 17.9. The average Bonchev–Trinajstić information content (AvgIpc) is 3.14. The third-order valence-electron chi connectivity index (χ3n) is 4.80. The molecule has 4 rings (SSSR count). The van der Waals surface area contributed by atoms with Gasteiger partial charge in [-0.2, -0.15) is 4.98 Å². The predicted octanol–water partition coefficient (Wildman–Crippen LogP) is 2.77. The molecule has 140 valence electrons. The lowest BCUT2D eigenvalue weighted by Gasteiger charge is -2.22. The summed E-state index contributed by atoms with van der Waals surface area (Å²) in [5.41, 5.74) is 1.32. The maximum Gasteiger partial charge on any atom is 0.331 e. The number of aryl methyl sites for hydroxylation is 1. The Morgan fingerprint density at radius 1 is 1.26 bits per heavy atom. The highest BCUT2D eigenvalue weighted by molar-refractivity contribution is 9.10. The predicted molar refractivity (Wildman–Crippen MR) is 104 cm³/mol. The molecule has 3 aromatic rings. The van der Waals surface area contributed by atoms with E-state index in [9.17, 15) is 9.59 Å². The first-order valence-electron chi connectivity index (χ1n) is 9.02. The molecule has 1 aliphatic heterocycles. The Balaban J connectivity index is 1.93. The molecule has 0 spiro atoms. The zero-order valence-corrected chi connectivity index (χ0v) is 16.5. The average molecular weight is 431 g/mol. The summed E-state index contributed by atoms with van der Waals surface area (Å²) in [6, 6.07) is 7.58. The van der Waals surface area contributed by atoms with Gasteiger partial charge in [0.15, 0.2) is 0 Å². The van der Waals surface area contributed by atoms with Gasteiger partial charge in [0, 0.05) is 23.1 Å². The van der Waals surface area contributed by atoms with E-state index in [1.807, 2.05) is 31.2 Å². The first-order valence-corrected chi connectivity index (χ1v) is 9.81. The zero-order chi connectivity index (χ0) is 19.0. The maximum absolute atomic E-state index is 13.3. The van der Waals surface area contributed by atoms with Gasteiger partial charge in [0.05, 0.1) is 6.54 Å². The van der Waals surface area contributed by atoms with Crippen molar-refractivity contribution < 1.29 is 4.52 Å². The first-order chi connectivity index (χ1) is 13.1. The summed E-state index contributed by atoms with van der Waals surface area (Å²) in [4.78, 5) is 30.6. The summed E-state index contributed by atoms with van der Waals surface area (Å²) in [5, 5.41) is 4.00. The largest absolute Gasteiger partial charge is 0.339 e. The quantitative estimate of drug-likeness (QED) is 0.635. The van der Waals surface area contributed by atoms with Crippen molar-refractivity contribution in [3.8, 4) is 11.4 Å². The van der Waals surface area contributed by atoms with Crippen molar-refractivity contribution in [3.63, 3.8) is 0 Å². The second-order valence-corrected chi connectivity index (χ2v) is 7.52. The third-order valence-corrected chi connectivity index (χ3v) is 5.30. The summed E-state index contributed by atoms with van der Waals surface area (Å²) >= 11 is 3.43. The van der Waals surface area contributed by atoms with Crippen LogP contribution in [0.25, 0.3) is 11.4 Å². The van der Waals surface area contributed by atoms with E-state index in [0.29, 0.717) is 36.5 Å². The molecule has 27 heavy (non-hydrogen) atoms. The number of hydrogen-bond donors (Lipinski definition) is 0. The van der Waals surface area contributed by atoms with Crippen molar-refractivity contribution in [1.29, 1.82) is 0 Å². The minimum absolute atomic E-state index is 0.197. The summed E-state index contributed by atoms with van der Waals surface area (Å²) in [6.45, 7) is 2.70. The highest BCUT2D eigenvalue weighted by Crippen LogP contribution is 2.22. The molecule has 0 saturated heterocycles. The van der Waals surface area contributed by atoms with Crippen LogP contribution in [0, 0.1) is 0 Å². The lowest BCUT2D eigenvalue weighted by Crippen LogP contribution is -2.44. The van der Waals surface area contributed by atoms with Crippen LogP contribution in [0.15, 0.2) is 42.9 Å². The zero-order valence-electron chi connectivity index (χ0n) is 14.9. The molecule has 0 bridgehead atoms. The van der Waals surface area contributed by atoms with Gasteiger partial charge in [-0.25, -0.2) is 4.79 Å². The van der Waals surface area contributed by atoms with E-state index in [1.54, 1.807) is 4.57 Å². The van der Waals surface area contributed by atoms with Crippen molar-refractivity contribution in [2.24, 2.45) is 0 Å². The van der Waals surface area contributed by atoms with Crippen molar-refractivity contribution in [1.82, 2.24) is 19.3 Å². The summed E-state index contributed by atoms with van der Waals surface area (Å²) < 4.78 is 9.08. The number of aromatic nitrogens is 4. The van der Waals surface area contributed by atoms with Gasteiger partial charge in [0.2, 0.25) is 11.7 Å². The highest BCUT2D eigenvalue weighted by Gasteiger charge is 2.25. The molecule has 0 saturated carbocycles. The Bertz CT molecular complexity index is 1110. The fourth-order valence-corrected chi connectivity index (χ4v) is 3.92. The molecule has 2 aromatic heterocycles. The molecule has 0 radical (unpaired) electrons. The molecule has 0 atom stereocenters. The molecule has 1 aromatic carbocycles. The minimum atomic E-state index is -0.364. The van der Waals surface area contributed by atoms with Crippen LogP contribution in [0.1, 0.15) is 36.9 Å². The third kappa shape index (κ3) is 3.29. The molecular formula is C19H19BrN4O3. The molecule has 7 nitrogen and oxygen atoms in total. The number of hydrogen-bond acceptors (Lipinski definition) is 5. The van der Waals surface area contributed by atoms with Crippen molar-refractivity contribution in [2.75, 3.05) is 0 Å². The van der Waals surface area contributed by atoms with Crippen LogP contribution < -0.4 is 11.2 Å². The lowest BCUT2D eigenvalue weighted by molar-refractivity contribution is 0.382. The van der Waals surface area contributed by atoms with Gasteiger partial charge in [-0.15, -0.1) is 0 Å². The Morgan fingerprint density at radius 3 is 2.85 bits per heavy atom. The summed E-state index contributed by atoms with van der Waals surface area (Å²) in [6.07, 6.45) is 3.09. The fourth-order valence-electron chi connectivity index (χ4n) is 3.48. The van der Waals surface area contributed by atoms with E-state index in [1.165, 1.54) is 4.57 Å². The summed E-state index contributed by atoms with van der Waals surface area (Å²) in [5.74, 6) is 0.745. The van der Waals surface area contributed by atoms with Crippen LogP contribution in [0.4, 0.5) is 0 Å². The standard InChI is InChI=1S/C19H19BrN4O3/c1-2-15-21-17(22-27-15)16-14-8-3-4-9-23(14)19(26)24(18(16)25)11-12-6-5-7-13(20)10-12/h5-7,10H,2-4,8-9,11H2,1H3. The molecule has 0 N–H and O–H groups in total. The van der Waals surface area contributed by atoms with E-state index in [2.05, 4.69) is 26.1 Å². The molecule has 0 aliphatic carbocycles. The van der Waals surface area contributed by atoms with Gasteiger partial charge in [-0.05, 0) is 37.0 Å². The smallest absolute Gasteiger partial charge is 0.331 e. The summed E-state index contributed by atoms with van der Waals surface area (Å²) in [7, 11) is 0. The number of benzene rings is 1. The molecule has 1 aliphatic rings. The van der Waals surface area contributed by atoms with Gasteiger partial charge >= 0.3 is 5.69 Å². The van der Waals surface area contributed by atoms with Crippen LogP contribution in [0.5, 0.6) is 0 Å². The second-order valence-electron chi connectivity index (χ2n) is 6.60. The molecular weight excluding hydrogens is 412 g/mol. The van der Waals surface area contributed by atoms with Gasteiger partial charge in [-0.1, -0.05) is 40.1 Å². The normalized spacial score (nSPS) is 13.6. The monoisotopic (exact) mass is 430 g/mol. The van der Waals surface area contributed by atoms with Gasteiger partial charge < -0.3 is 4.52 Å². The highest BCUT2D eigenvalue weighted by atomic mass is 79.9. The molecule has 0 fully saturated rings. The van der Waals surface area contributed by atoms with Crippen LogP contribution in [-0.2, 0) is 25.9 Å². The Morgan fingerprint density at radius 2 is 2.11 bits per heavy atom. The second kappa shape index (κ2) is 7.26. The number of halogens is 1. The van der Waals surface area contributed by atoms with Crippen LogP contribution in [0.2, 0.25) is 0 Å². The molecule has 3 heterocycles. The van der Waals surface area contributed by atoms with E-state index in [-0.39, 0.29) is 23.6 Å². The van der Waals surface area contributed by atoms with Crippen LogP contribution in [0.3, 0.4) is 0 Å². The Hall–Kier alpha value is -2.48. The van der Waals surface area contributed by atoms with E-state index in [4.69, 9.17) is 4.52 Å². The van der Waals surface area contributed by atoms with Gasteiger partial charge in [0.25, 0.3) is 5.56 Å². The van der Waals surface area contributed by atoms with Gasteiger partial charge in [0.1, 0.15) is 5.56 Å². The molecule has 8 heteroatoms. The molecule has 0 unspecified atom stereocenters. The number of nitrogens with zero attached hydrogens (tertiary/aromatic N) is 4. The molecule has 0 amide bonds. The Labute approximate surface area is 163 Å². The van der Waals surface area contributed by atoms with Crippen molar-refractivity contribution in [3.05, 3.63) is 66.7 Å². The fraction of sp³-hybridized carbons (Fsp3) is 0.368. The van der Waals surface area contributed by atoms with Crippen molar-refractivity contribution in [2.45, 2.75) is 45.7 Å². The van der Waals surface area contributed by atoms with Crippen molar-refractivity contribution >= 4 is 15.9 Å². The van der Waals surface area contributed by atoms with Crippen LogP contribution >= 0.6 is 15.9 Å². The number of fused-ring (bicyclic) bond motifs is 1. The minimum Gasteiger partial charge on any atom is -0.339 e. The Kier molecular flexibility index (Phi) is 4.82. The van der Waals surface area contributed by atoms with E-state index >= 15 is 0 Å². The van der Waals surface area contributed by atoms with Gasteiger partial charge in [-0.3, -0.25) is 13.9 Å².